The highest BCUT2D eigenvalue weighted by Crippen LogP contribution is 2.30. The topological polar surface area (TPSA) is 153 Å². The molecule has 1 fully saturated rings. The maximum atomic E-state index is 10.8. The molecule has 0 radical (unpaired) electrons. The van der Waals surface area contributed by atoms with Gasteiger partial charge in [-0.15, -0.1) is 0 Å². The average Bonchev–Trinajstić information content (AvgIpc) is 2.49. The lowest BCUT2D eigenvalue weighted by Gasteiger charge is -2.40. The zero-order valence-corrected chi connectivity index (χ0v) is 12.1. The molecular formula is C12H17ClN2O7. The van der Waals surface area contributed by atoms with Crippen LogP contribution in [0.3, 0.4) is 0 Å². The number of aliphatic hydroxyl groups is 3. The van der Waals surface area contributed by atoms with Crippen molar-refractivity contribution in [3.05, 3.63) is 28.4 Å². The summed E-state index contributed by atoms with van der Waals surface area (Å²) in [7, 11) is 0. The van der Waals surface area contributed by atoms with Crippen LogP contribution in [-0.4, -0.2) is 57.8 Å². The molecule has 1 aliphatic rings. The molecule has 0 bridgehead atoms. The van der Waals surface area contributed by atoms with Crippen molar-refractivity contribution in [1.29, 1.82) is 0 Å². The lowest BCUT2D eigenvalue weighted by molar-refractivity contribution is -0.991. The normalized spacial score (nSPS) is 33.5. The molecule has 9 nitrogen and oxygen atoms in total. The van der Waals surface area contributed by atoms with Crippen molar-refractivity contribution in [1.82, 2.24) is 0 Å². The SMILES string of the molecule is N[C@H]1C(Oc2ccc([NH+]([O-])O)cc2Cl)O[C@H](CO)[C@@H](O)[C@@H]1O. The average molecular weight is 337 g/mol. The molecule has 0 amide bonds. The van der Waals surface area contributed by atoms with E-state index in [9.17, 15) is 15.4 Å². The molecule has 0 spiro atoms. The first-order chi connectivity index (χ1) is 10.3. The third-order valence-corrected chi connectivity index (χ3v) is 3.65. The van der Waals surface area contributed by atoms with Gasteiger partial charge in [0.25, 0.3) is 0 Å². The first kappa shape index (κ1) is 17.3. The van der Waals surface area contributed by atoms with Crippen molar-refractivity contribution in [2.45, 2.75) is 30.6 Å². The zero-order chi connectivity index (χ0) is 16.4. The van der Waals surface area contributed by atoms with Crippen molar-refractivity contribution in [2.75, 3.05) is 6.61 Å². The number of aliphatic hydroxyl groups excluding tert-OH is 3. The first-order valence-electron chi connectivity index (χ1n) is 6.42. The maximum absolute atomic E-state index is 10.8. The number of quaternary nitrogens is 1. The summed E-state index contributed by atoms with van der Waals surface area (Å²) in [4.78, 5) is 0. The smallest absolute Gasteiger partial charge is 0.218 e. The number of benzene rings is 1. The Hall–Kier alpha value is -1.01. The minimum absolute atomic E-state index is 0.0186. The molecule has 0 aliphatic carbocycles. The van der Waals surface area contributed by atoms with Gasteiger partial charge in [-0.2, -0.15) is 5.23 Å². The summed E-state index contributed by atoms with van der Waals surface area (Å²) in [5.74, 6) is 0.104. The quantitative estimate of drug-likeness (QED) is 0.341. The second-order valence-electron chi connectivity index (χ2n) is 4.85. The van der Waals surface area contributed by atoms with Crippen LogP contribution in [0.15, 0.2) is 18.2 Å². The van der Waals surface area contributed by atoms with Gasteiger partial charge >= 0.3 is 0 Å². The van der Waals surface area contributed by atoms with Crippen LogP contribution in [0.2, 0.25) is 5.02 Å². The third kappa shape index (κ3) is 3.49. The Bertz CT molecular complexity index is 516. The third-order valence-electron chi connectivity index (χ3n) is 3.35. The molecule has 1 saturated heterocycles. The lowest BCUT2D eigenvalue weighted by Crippen LogP contribution is -2.99. The number of rotatable bonds is 4. The molecule has 2 unspecified atom stereocenters. The molecule has 0 aromatic heterocycles. The zero-order valence-electron chi connectivity index (χ0n) is 11.3. The van der Waals surface area contributed by atoms with Gasteiger partial charge in [-0.25, -0.2) is 5.21 Å². The van der Waals surface area contributed by atoms with E-state index in [1.165, 1.54) is 18.2 Å². The van der Waals surface area contributed by atoms with E-state index in [-0.39, 0.29) is 16.5 Å². The molecule has 1 aromatic rings. The highest BCUT2D eigenvalue weighted by molar-refractivity contribution is 6.32. The standard InChI is InChI=1S/C12H17ClN2O7/c13-6-3-5(15(19)20)1-2-7(6)21-12-9(14)11(18)10(17)8(4-16)22-12/h1-3,8-12,15-19H,4,14H2/t8-,9-,10-,11-,12?/m1/s1. The fraction of sp³-hybridized carbons (Fsp3) is 0.500. The van der Waals surface area contributed by atoms with E-state index < -0.39 is 42.5 Å². The molecular weight excluding hydrogens is 320 g/mol. The van der Waals surface area contributed by atoms with Gasteiger partial charge in [0.2, 0.25) is 6.29 Å². The Morgan fingerprint density at radius 3 is 2.59 bits per heavy atom. The summed E-state index contributed by atoms with van der Waals surface area (Å²) in [6.45, 7) is -0.531. The van der Waals surface area contributed by atoms with E-state index in [1.54, 1.807) is 0 Å². The largest absolute Gasteiger partial charge is 0.595 e. The highest BCUT2D eigenvalue weighted by atomic mass is 35.5. The fourth-order valence-corrected chi connectivity index (χ4v) is 2.29. The van der Waals surface area contributed by atoms with Crippen LogP contribution < -0.4 is 15.7 Å². The van der Waals surface area contributed by atoms with Crippen molar-refractivity contribution >= 4 is 17.3 Å². The second-order valence-corrected chi connectivity index (χ2v) is 5.26. The lowest BCUT2D eigenvalue weighted by atomic mass is 9.98. The van der Waals surface area contributed by atoms with Crippen LogP contribution in [0.5, 0.6) is 5.75 Å². The molecule has 7 N–H and O–H groups in total. The molecule has 10 heteroatoms. The molecule has 1 heterocycles. The number of halogens is 1. The predicted octanol–water partition coefficient (Wildman–Crippen LogP) is -2.11. The van der Waals surface area contributed by atoms with Crippen LogP contribution >= 0.6 is 11.6 Å². The van der Waals surface area contributed by atoms with Crippen LogP contribution in [0, 0.1) is 5.21 Å². The van der Waals surface area contributed by atoms with Crippen LogP contribution in [0.1, 0.15) is 0 Å². The number of nitrogens with two attached hydrogens (primary N) is 1. The number of hydrogen-bond donors (Lipinski definition) is 6. The van der Waals surface area contributed by atoms with Crippen LogP contribution in [0.4, 0.5) is 5.69 Å². The fourth-order valence-electron chi connectivity index (χ4n) is 2.06. The molecule has 124 valence electrons. The predicted molar refractivity (Wildman–Crippen MR) is 73.6 cm³/mol. The molecule has 6 atom stereocenters. The summed E-state index contributed by atoms with van der Waals surface area (Å²) in [6, 6.07) is 2.73. The van der Waals surface area contributed by atoms with Gasteiger partial charge in [-0.05, 0) is 6.07 Å². The van der Waals surface area contributed by atoms with Gasteiger partial charge in [0.05, 0.1) is 17.7 Å². The van der Waals surface area contributed by atoms with E-state index >= 15 is 0 Å². The van der Waals surface area contributed by atoms with Crippen LogP contribution in [-0.2, 0) is 4.74 Å². The van der Waals surface area contributed by atoms with Crippen molar-refractivity contribution < 1.29 is 35.2 Å². The van der Waals surface area contributed by atoms with E-state index in [0.29, 0.717) is 0 Å². The highest BCUT2D eigenvalue weighted by Gasteiger charge is 2.43. The van der Waals surface area contributed by atoms with Crippen molar-refractivity contribution in [3.8, 4) is 5.75 Å². The summed E-state index contributed by atoms with van der Waals surface area (Å²) in [5.41, 5.74) is 5.71. The Balaban J connectivity index is 2.15. The minimum Gasteiger partial charge on any atom is -0.595 e. The maximum Gasteiger partial charge on any atom is 0.218 e. The first-order valence-corrected chi connectivity index (χ1v) is 6.80. The van der Waals surface area contributed by atoms with E-state index in [2.05, 4.69) is 0 Å². The van der Waals surface area contributed by atoms with Gasteiger partial charge in [0.15, 0.2) is 5.69 Å². The summed E-state index contributed by atoms with van der Waals surface area (Å²) in [6.07, 6.45) is -4.92. The summed E-state index contributed by atoms with van der Waals surface area (Å²) >= 11 is 5.93. The molecule has 1 aliphatic heterocycles. The Kier molecular flexibility index (Phi) is 5.55. The van der Waals surface area contributed by atoms with Gasteiger partial charge in [0, 0.05) is 12.1 Å². The molecule has 2 rings (SSSR count). The summed E-state index contributed by atoms with van der Waals surface area (Å²) < 4.78 is 10.7. The Morgan fingerprint density at radius 1 is 1.36 bits per heavy atom. The Morgan fingerprint density at radius 2 is 2.05 bits per heavy atom. The Labute approximate surface area is 130 Å². The van der Waals surface area contributed by atoms with Crippen molar-refractivity contribution in [3.63, 3.8) is 0 Å². The molecule has 1 aromatic carbocycles. The summed E-state index contributed by atoms with van der Waals surface area (Å²) in [5, 5.41) is 47.2. The number of nitrogens with one attached hydrogen (secondary N) is 1. The van der Waals surface area contributed by atoms with E-state index in [1.807, 2.05) is 0 Å². The minimum atomic E-state index is -1.35. The number of ether oxygens (including phenoxy) is 2. The van der Waals surface area contributed by atoms with E-state index in [0.717, 1.165) is 0 Å². The van der Waals surface area contributed by atoms with Crippen LogP contribution in [0.25, 0.3) is 0 Å². The van der Waals surface area contributed by atoms with Gasteiger partial charge in [-0.1, -0.05) is 11.6 Å². The molecule has 0 saturated carbocycles. The van der Waals surface area contributed by atoms with Gasteiger partial charge < -0.3 is 35.7 Å². The second kappa shape index (κ2) is 7.04. The van der Waals surface area contributed by atoms with Crippen molar-refractivity contribution in [2.24, 2.45) is 5.73 Å². The molecule has 22 heavy (non-hydrogen) atoms. The van der Waals surface area contributed by atoms with E-state index in [4.69, 9.17) is 37.1 Å². The monoisotopic (exact) mass is 336 g/mol. The van der Waals surface area contributed by atoms with Gasteiger partial charge in [0.1, 0.15) is 24.1 Å². The number of hydrogen-bond acceptors (Lipinski definition) is 8. The van der Waals surface area contributed by atoms with Gasteiger partial charge in [-0.3, -0.25) is 0 Å².